The summed E-state index contributed by atoms with van der Waals surface area (Å²) in [7, 11) is 0. The molecule has 0 saturated carbocycles. The molecule has 4 N–H and O–H groups in total. The third-order valence-electron chi connectivity index (χ3n) is 5.48. The molecule has 2 unspecified atom stereocenters. The summed E-state index contributed by atoms with van der Waals surface area (Å²) in [6.07, 6.45) is 8.61. The predicted octanol–water partition coefficient (Wildman–Crippen LogP) is 2.36. The van der Waals surface area contributed by atoms with E-state index < -0.39 is 5.66 Å². The maximum Gasteiger partial charge on any atom is 0.276 e. The quantitative estimate of drug-likeness (QED) is 0.522. The molecule has 1 aliphatic rings. The zero-order valence-electron chi connectivity index (χ0n) is 16.4. The lowest BCUT2D eigenvalue weighted by Crippen LogP contribution is -2.57. The number of hydrogen-bond donors (Lipinski definition) is 3. The normalized spacial score (nSPS) is 21.3. The minimum atomic E-state index is -0.900. The summed E-state index contributed by atoms with van der Waals surface area (Å²) in [6.45, 7) is 5.91. The molecule has 0 fully saturated rings. The van der Waals surface area contributed by atoms with Crippen LogP contribution in [0.15, 0.2) is 35.4 Å². The zero-order chi connectivity index (χ0) is 20.3. The second-order valence-electron chi connectivity index (χ2n) is 7.09. The van der Waals surface area contributed by atoms with E-state index in [0.29, 0.717) is 23.7 Å². The largest absolute Gasteiger partial charge is 0.384 e. The molecule has 1 amide bonds. The third-order valence-corrected chi connectivity index (χ3v) is 5.48. The first-order chi connectivity index (χ1) is 13.4. The van der Waals surface area contributed by atoms with Gasteiger partial charge in [-0.3, -0.25) is 14.2 Å². The van der Waals surface area contributed by atoms with Crippen molar-refractivity contribution in [3.8, 4) is 0 Å². The number of anilines is 3. The highest BCUT2D eigenvalue weighted by Crippen LogP contribution is 2.36. The zero-order valence-corrected chi connectivity index (χ0v) is 16.4. The first-order valence-corrected chi connectivity index (χ1v) is 9.40. The van der Waals surface area contributed by atoms with E-state index in [1.165, 1.54) is 6.33 Å². The van der Waals surface area contributed by atoms with Gasteiger partial charge in [0.15, 0.2) is 0 Å². The Morgan fingerprint density at radius 2 is 2.14 bits per heavy atom. The van der Waals surface area contributed by atoms with Crippen molar-refractivity contribution >= 4 is 23.7 Å². The number of nitrogens with zero attached hydrogens (tertiary/aromatic N) is 3. The lowest BCUT2D eigenvalue weighted by Gasteiger charge is -2.43. The minimum Gasteiger partial charge on any atom is -0.384 e. The molecule has 0 aromatic carbocycles. The number of carbonyl (C=O) groups excluding carboxylic acids is 1. The van der Waals surface area contributed by atoms with Gasteiger partial charge in [0.25, 0.3) is 5.56 Å². The van der Waals surface area contributed by atoms with Gasteiger partial charge in [0.2, 0.25) is 6.41 Å². The van der Waals surface area contributed by atoms with E-state index in [0.717, 1.165) is 30.5 Å². The molecule has 2 atom stereocenters. The first kappa shape index (κ1) is 19.6. The molecule has 0 saturated heterocycles. The highest BCUT2D eigenvalue weighted by atomic mass is 16.1. The van der Waals surface area contributed by atoms with Gasteiger partial charge in [-0.1, -0.05) is 13.0 Å². The van der Waals surface area contributed by atoms with Crippen molar-refractivity contribution < 1.29 is 4.79 Å². The Kier molecular flexibility index (Phi) is 5.48. The molecular formula is C20H26N6O2. The van der Waals surface area contributed by atoms with Crippen LogP contribution >= 0.6 is 0 Å². The van der Waals surface area contributed by atoms with E-state index in [4.69, 9.17) is 5.73 Å². The number of aromatic nitrogens is 3. The van der Waals surface area contributed by atoms with Crippen LogP contribution < -0.4 is 21.9 Å². The van der Waals surface area contributed by atoms with Gasteiger partial charge in [0.1, 0.15) is 29.3 Å². The third kappa shape index (κ3) is 3.37. The van der Waals surface area contributed by atoms with Gasteiger partial charge < -0.3 is 16.4 Å². The number of hydrogen-bond acceptors (Lipinski definition) is 6. The summed E-state index contributed by atoms with van der Waals surface area (Å²) < 4.78 is 1.69. The van der Waals surface area contributed by atoms with Gasteiger partial charge >= 0.3 is 0 Å². The van der Waals surface area contributed by atoms with Crippen LogP contribution in [0.3, 0.4) is 0 Å². The van der Waals surface area contributed by atoms with Crippen LogP contribution in [0.5, 0.6) is 0 Å². The van der Waals surface area contributed by atoms with E-state index in [2.05, 4.69) is 27.5 Å². The van der Waals surface area contributed by atoms with Gasteiger partial charge in [-0.2, -0.15) is 0 Å². The number of nitrogens with two attached hydrogens (primary N) is 1. The fourth-order valence-electron chi connectivity index (χ4n) is 3.96. The van der Waals surface area contributed by atoms with Crippen molar-refractivity contribution in [2.24, 2.45) is 5.92 Å². The van der Waals surface area contributed by atoms with E-state index >= 15 is 0 Å². The summed E-state index contributed by atoms with van der Waals surface area (Å²) in [4.78, 5) is 33.0. The van der Waals surface area contributed by atoms with Crippen LogP contribution in [0.4, 0.5) is 17.3 Å². The van der Waals surface area contributed by atoms with Gasteiger partial charge in [-0.25, -0.2) is 9.97 Å². The number of nitrogens with one attached hydrogen (secondary N) is 2. The number of nitrogen functional groups attached to an aromatic ring is 1. The summed E-state index contributed by atoms with van der Waals surface area (Å²) >= 11 is 0. The van der Waals surface area contributed by atoms with Crippen molar-refractivity contribution in [3.63, 3.8) is 0 Å². The molecule has 1 aliphatic carbocycles. The summed E-state index contributed by atoms with van der Waals surface area (Å²) in [5.74, 6) is 0.841. The van der Waals surface area contributed by atoms with Gasteiger partial charge in [0, 0.05) is 17.7 Å². The molecule has 2 aromatic heterocycles. The second kappa shape index (κ2) is 7.84. The van der Waals surface area contributed by atoms with Crippen molar-refractivity contribution in [3.05, 3.63) is 52.2 Å². The number of pyridine rings is 1. The molecule has 28 heavy (non-hydrogen) atoms. The monoisotopic (exact) mass is 382 g/mol. The predicted molar refractivity (Wildman–Crippen MR) is 109 cm³/mol. The van der Waals surface area contributed by atoms with Gasteiger partial charge in [-0.15, -0.1) is 0 Å². The Morgan fingerprint density at radius 3 is 2.82 bits per heavy atom. The molecule has 0 spiro atoms. The van der Waals surface area contributed by atoms with Crippen molar-refractivity contribution in [2.75, 3.05) is 11.1 Å². The maximum atomic E-state index is 13.5. The van der Waals surface area contributed by atoms with Crippen molar-refractivity contribution in [2.45, 2.75) is 45.7 Å². The molecule has 2 heterocycles. The van der Waals surface area contributed by atoms with Crippen molar-refractivity contribution in [1.82, 2.24) is 19.9 Å². The van der Waals surface area contributed by atoms with Gasteiger partial charge in [-0.05, 0) is 50.8 Å². The average Bonchev–Trinajstić information content (AvgIpc) is 2.67. The van der Waals surface area contributed by atoms with Crippen LogP contribution in [-0.2, 0) is 10.5 Å². The molecule has 0 radical (unpaired) electrons. The van der Waals surface area contributed by atoms with Crippen LogP contribution in [0.1, 0.15) is 37.4 Å². The van der Waals surface area contributed by atoms with Crippen molar-refractivity contribution in [1.29, 1.82) is 0 Å². The van der Waals surface area contributed by atoms with Crippen LogP contribution in [-0.4, -0.2) is 20.9 Å². The Bertz CT molecular complexity index is 968. The Balaban J connectivity index is 2.21. The lowest BCUT2D eigenvalue weighted by atomic mass is 9.81. The molecule has 148 valence electrons. The van der Waals surface area contributed by atoms with E-state index in [9.17, 15) is 9.59 Å². The first-order valence-electron chi connectivity index (χ1n) is 9.40. The highest BCUT2D eigenvalue weighted by Gasteiger charge is 2.40. The summed E-state index contributed by atoms with van der Waals surface area (Å²) in [5.41, 5.74) is 6.67. The molecule has 3 rings (SSSR count). The number of carbonyl (C=O) groups is 1. The second-order valence-corrected chi connectivity index (χ2v) is 7.09. The summed E-state index contributed by atoms with van der Waals surface area (Å²) in [6, 6.07) is 3.35. The smallest absolute Gasteiger partial charge is 0.276 e. The van der Waals surface area contributed by atoms with Crippen LogP contribution in [0.2, 0.25) is 0 Å². The maximum absolute atomic E-state index is 13.5. The van der Waals surface area contributed by atoms with E-state index in [1.54, 1.807) is 16.7 Å². The van der Waals surface area contributed by atoms with E-state index in [-0.39, 0.29) is 11.5 Å². The molecule has 0 bridgehead atoms. The topological polar surface area (TPSA) is 115 Å². The van der Waals surface area contributed by atoms with Gasteiger partial charge in [0.05, 0.1) is 0 Å². The molecule has 0 aliphatic heterocycles. The average molecular weight is 382 g/mol. The fraction of sp³-hybridized carbons (Fsp3) is 0.400. The number of rotatable bonds is 6. The minimum absolute atomic E-state index is 0.100. The summed E-state index contributed by atoms with van der Waals surface area (Å²) in [5, 5.41) is 5.99. The molecule has 8 heteroatoms. The van der Waals surface area contributed by atoms with E-state index in [1.807, 2.05) is 26.0 Å². The van der Waals surface area contributed by atoms with Crippen LogP contribution in [0, 0.1) is 19.8 Å². The highest BCUT2D eigenvalue weighted by molar-refractivity contribution is 5.59. The fourth-order valence-corrected chi connectivity index (χ4v) is 3.96. The Labute approximate surface area is 163 Å². The number of amides is 1. The molecule has 8 nitrogen and oxygen atoms in total. The Hall–Kier alpha value is -3.16. The SMILES string of the molecule is CCC1CCC=CC1(NC=O)n1c(C)c(C)cc(Nc2cc(N)ncn2)c1=O. The number of aryl methyl sites for hydroxylation is 1. The lowest BCUT2D eigenvalue weighted by molar-refractivity contribution is -0.112. The Morgan fingerprint density at radius 1 is 1.36 bits per heavy atom. The molecule has 2 aromatic rings. The van der Waals surface area contributed by atoms with Crippen LogP contribution in [0.25, 0.3) is 0 Å². The standard InChI is InChI=1S/C20H26N6O2/c1-4-15-7-5-6-8-20(15,24-12-27)26-14(3)13(2)9-16(19(26)28)25-18-10-17(21)22-11-23-18/h6,8-12,15H,4-5,7H2,1-3H3,(H,24,27)(H3,21,22,23,25). The number of allylic oxidation sites excluding steroid dienone is 1. The molecular weight excluding hydrogens is 356 g/mol.